The molecule has 0 unspecified atom stereocenters. The minimum atomic E-state index is -1.29. The number of nitrogens with one attached hydrogen (secondary N) is 4. The topological polar surface area (TPSA) is 185 Å². The van der Waals surface area contributed by atoms with E-state index in [2.05, 4.69) is 21.3 Å². The van der Waals surface area contributed by atoms with Crippen molar-refractivity contribution in [3.8, 4) is 0 Å². The van der Waals surface area contributed by atoms with E-state index in [9.17, 15) is 29.1 Å². The van der Waals surface area contributed by atoms with E-state index in [0.717, 1.165) is 4.90 Å². The van der Waals surface area contributed by atoms with Crippen LogP contribution in [0.25, 0.3) is 0 Å². The number of carbonyl (C=O) groups excluding carboxylic acids is 4. The second kappa shape index (κ2) is 18.8. The number of ether oxygens (including phenoxy) is 3. The lowest BCUT2D eigenvalue weighted by molar-refractivity contribution is -0.126. The van der Waals surface area contributed by atoms with E-state index in [4.69, 9.17) is 14.2 Å². The number of carboxylic acid groups (broad SMARTS) is 1. The van der Waals surface area contributed by atoms with E-state index < -0.39 is 59.2 Å². The van der Waals surface area contributed by atoms with E-state index in [1.165, 1.54) is 0 Å². The molecule has 5 N–H and O–H groups in total. The summed E-state index contributed by atoms with van der Waals surface area (Å²) >= 11 is 0. The van der Waals surface area contributed by atoms with Crippen molar-refractivity contribution in [3.63, 3.8) is 0 Å². The van der Waals surface area contributed by atoms with Gasteiger partial charge in [0, 0.05) is 32.2 Å². The van der Waals surface area contributed by atoms with E-state index >= 15 is 0 Å². The normalized spacial score (nSPS) is 13.0. The molecule has 2 atom stereocenters. The minimum Gasteiger partial charge on any atom is -0.465 e. The molecular formula is C33H55N5O9. The summed E-state index contributed by atoms with van der Waals surface area (Å²) in [6, 6.07) is 7.18. The standard InChI is InChI=1S/C33H55N5O9/c1-31(2,3)45-27(40)34-19-13-17-24(37-29(42)47-33(7,8)9)21-36-26(39)25(18-14-20-35-28(41)46-32(4,5)6)38(30(43)44)22-23-15-11-10-12-16-23/h10-12,15-16,24-25H,13-14,17-22H2,1-9H3,(H,34,40)(H,35,41)(H,36,39)(H,37,42)(H,43,44)/t24-,25+/m1/s1. The number of benzene rings is 1. The fraction of sp³-hybridized carbons (Fsp3) is 0.667. The van der Waals surface area contributed by atoms with Gasteiger partial charge in [0.1, 0.15) is 22.8 Å². The zero-order valence-corrected chi connectivity index (χ0v) is 29.4. The Hall–Kier alpha value is -4.23. The first-order valence-electron chi connectivity index (χ1n) is 15.9. The molecule has 1 rings (SSSR count). The average Bonchev–Trinajstić information content (AvgIpc) is 2.90. The van der Waals surface area contributed by atoms with E-state index in [1.807, 2.05) is 6.07 Å². The number of alkyl carbamates (subject to hydrolysis) is 3. The van der Waals surface area contributed by atoms with Crippen molar-refractivity contribution in [1.82, 2.24) is 26.2 Å². The molecule has 0 aliphatic carbocycles. The summed E-state index contributed by atoms with van der Waals surface area (Å²) < 4.78 is 15.9. The number of hydrogen-bond donors (Lipinski definition) is 5. The Labute approximate surface area is 278 Å². The Balaban J connectivity index is 3.03. The number of hydrogen-bond acceptors (Lipinski definition) is 8. The first-order valence-corrected chi connectivity index (χ1v) is 15.9. The van der Waals surface area contributed by atoms with Gasteiger partial charge in [-0.25, -0.2) is 19.2 Å². The monoisotopic (exact) mass is 665 g/mol. The van der Waals surface area contributed by atoms with Crippen molar-refractivity contribution in [2.45, 2.75) is 123 Å². The fourth-order valence-electron chi connectivity index (χ4n) is 4.21. The zero-order valence-electron chi connectivity index (χ0n) is 29.4. The first kappa shape index (κ1) is 40.8. The molecule has 0 heterocycles. The van der Waals surface area contributed by atoms with Gasteiger partial charge < -0.3 is 40.6 Å². The molecule has 14 nitrogen and oxygen atoms in total. The molecule has 47 heavy (non-hydrogen) atoms. The molecule has 266 valence electrons. The van der Waals surface area contributed by atoms with Gasteiger partial charge in [0.2, 0.25) is 5.91 Å². The molecular weight excluding hydrogens is 610 g/mol. The Bertz CT molecular complexity index is 1160. The summed E-state index contributed by atoms with van der Waals surface area (Å²) in [6.07, 6.45) is -1.98. The molecule has 0 spiro atoms. The molecule has 0 fully saturated rings. The highest BCUT2D eigenvalue weighted by Gasteiger charge is 2.30. The van der Waals surface area contributed by atoms with Crippen LogP contribution >= 0.6 is 0 Å². The average molecular weight is 666 g/mol. The Morgan fingerprint density at radius 2 is 1.17 bits per heavy atom. The van der Waals surface area contributed by atoms with Crippen LogP contribution in [0.2, 0.25) is 0 Å². The molecule has 0 saturated heterocycles. The Kier molecular flexibility index (Phi) is 16.3. The molecule has 0 radical (unpaired) electrons. The van der Waals surface area contributed by atoms with Crippen molar-refractivity contribution in [2.24, 2.45) is 0 Å². The molecule has 14 heteroatoms. The third kappa shape index (κ3) is 19.8. The molecule has 1 aromatic carbocycles. The maximum Gasteiger partial charge on any atom is 0.408 e. The van der Waals surface area contributed by atoms with Crippen LogP contribution in [0.4, 0.5) is 19.2 Å². The third-order valence-electron chi connectivity index (χ3n) is 6.08. The van der Waals surface area contributed by atoms with Gasteiger partial charge in [0.05, 0.1) is 0 Å². The SMILES string of the molecule is CC(C)(C)OC(=O)NCCC[C@H](CNC(=O)[C@H](CCCNC(=O)OC(C)(C)C)N(Cc1ccccc1)C(=O)O)NC(=O)OC(C)(C)C. The van der Waals surface area contributed by atoms with Crippen LogP contribution in [0.15, 0.2) is 30.3 Å². The lowest BCUT2D eigenvalue weighted by Crippen LogP contribution is -2.52. The minimum absolute atomic E-state index is 0.0318. The van der Waals surface area contributed by atoms with Crippen molar-refractivity contribution >= 4 is 30.3 Å². The van der Waals surface area contributed by atoms with E-state index in [1.54, 1.807) is 86.6 Å². The van der Waals surface area contributed by atoms with Gasteiger partial charge in [0.15, 0.2) is 0 Å². The molecule has 0 bridgehead atoms. The smallest absolute Gasteiger partial charge is 0.408 e. The van der Waals surface area contributed by atoms with Crippen molar-refractivity contribution in [1.29, 1.82) is 0 Å². The summed E-state index contributed by atoms with van der Waals surface area (Å²) in [7, 11) is 0. The highest BCUT2D eigenvalue weighted by atomic mass is 16.6. The van der Waals surface area contributed by atoms with E-state index in [-0.39, 0.29) is 39.0 Å². The van der Waals surface area contributed by atoms with Crippen molar-refractivity contribution in [3.05, 3.63) is 35.9 Å². The number of nitrogens with zero attached hydrogens (tertiary/aromatic N) is 1. The van der Waals surface area contributed by atoms with Gasteiger partial charge in [-0.1, -0.05) is 30.3 Å². The second-order valence-electron chi connectivity index (χ2n) is 14.1. The lowest BCUT2D eigenvalue weighted by atomic mass is 10.1. The van der Waals surface area contributed by atoms with Crippen LogP contribution in [0.1, 0.15) is 93.6 Å². The van der Waals surface area contributed by atoms with Crippen molar-refractivity contribution in [2.75, 3.05) is 19.6 Å². The van der Waals surface area contributed by atoms with Gasteiger partial charge >= 0.3 is 24.4 Å². The number of rotatable bonds is 15. The first-order chi connectivity index (χ1) is 21.6. The number of amides is 5. The number of carbonyl (C=O) groups is 5. The third-order valence-corrected chi connectivity index (χ3v) is 6.08. The largest absolute Gasteiger partial charge is 0.465 e. The van der Waals surface area contributed by atoms with Gasteiger partial charge in [-0.3, -0.25) is 9.69 Å². The van der Waals surface area contributed by atoms with Gasteiger partial charge in [0.25, 0.3) is 0 Å². The maximum atomic E-state index is 13.6. The molecule has 0 aliphatic rings. The van der Waals surface area contributed by atoms with Crippen LogP contribution in [0.5, 0.6) is 0 Å². The fourth-order valence-corrected chi connectivity index (χ4v) is 4.21. The predicted octanol–water partition coefficient (Wildman–Crippen LogP) is 5.15. The summed E-state index contributed by atoms with van der Waals surface area (Å²) in [5, 5.41) is 21.0. The molecule has 0 aromatic heterocycles. The predicted molar refractivity (Wildman–Crippen MR) is 177 cm³/mol. The van der Waals surface area contributed by atoms with Crippen LogP contribution in [0, 0.1) is 0 Å². The highest BCUT2D eigenvalue weighted by Crippen LogP contribution is 2.15. The quantitative estimate of drug-likeness (QED) is 0.125. The summed E-state index contributed by atoms with van der Waals surface area (Å²) in [5.41, 5.74) is -1.39. The summed E-state index contributed by atoms with van der Waals surface area (Å²) in [5.74, 6) is -0.566. The highest BCUT2D eigenvalue weighted by molar-refractivity contribution is 5.85. The van der Waals surface area contributed by atoms with Crippen molar-refractivity contribution < 1.29 is 43.3 Å². The van der Waals surface area contributed by atoms with Gasteiger partial charge in [-0.15, -0.1) is 0 Å². The van der Waals surface area contributed by atoms with Gasteiger partial charge in [-0.05, 0) is 93.6 Å². The van der Waals surface area contributed by atoms with Crippen LogP contribution in [-0.2, 0) is 25.5 Å². The molecule has 0 saturated carbocycles. The van der Waals surface area contributed by atoms with E-state index in [0.29, 0.717) is 18.4 Å². The van der Waals surface area contributed by atoms with Crippen LogP contribution < -0.4 is 21.3 Å². The summed E-state index contributed by atoms with van der Waals surface area (Å²) in [6.45, 7) is 16.0. The molecule has 5 amide bonds. The zero-order chi connectivity index (χ0) is 35.8. The Morgan fingerprint density at radius 1 is 0.702 bits per heavy atom. The molecule has 1 aromatic rings. The Morgan fingerprint density at radius 3 is 1.64 bits per heavy atom. The maximum absolute atomic E-state index is 13.6. The molecule has 0 aliphatic heterocycles. The summed E-state index contributed by atoms with van der Waals surface area (Å²) in [4.78, 5) is 63.8. The second-order valence-corrected chi connectivity index (χ2v) is 14.1. The van der Waals surface area contributed by atoms with Crippen LogP contribution in [0.3, 0.4) is 0 Å². The lowest BCUT2D eigenvalue weighted by Gasteiger charge is -2.30. The van der Waals surface area contributed by atoms with Crippen LogP contribution in [-0.4, -0.2) is 88.8 Å². The van der Waals surface area contributed by atoms with Gasteiger partial charge in [-0.2, -0.15) is 0 Å².